The average Bonchev–Trinajstić information content (AvgIpc) is 0.918. The molecule has 0 aromatic carbocycles. The van der Waals surface area contributed by atoms with Crippen molar-refractivity contribution in [2.75, 3.05) is 0 Å². The van der Waals surface area contributed by atoms with Crippen molar-refractivity contribution in [2.45, 2.75) is 7.43 Å². The number of hydrogen-bond donors (Lipinski definition) is 1. The van der Waals surface area contributed by atoms with Gasteiger partial charge in [-0.2, -0.15) is 0 Å². The van der Waals surface area contributed by atoms with Gasteiger partial charge in [0.05, 0.1) is 0 Å². The summed E-state index contributed by atoms with van der Waals surface area (Å²) in [6.07, 6.45) is 0. The molecule has 0 saturated carbocycles. The van der Waals surface area contributed by atoms with E-state index in [0.717, 1.165) is 0 Å². The molecule has 0 unspecified atom stereocenters. The smallest absolute Gasteiger partial charge is 0.290 e. The Bertz CT molecular complexity index is 15.1. The Morgan fingerprint density at radius 2 is 1.60 bits per heavy atom. The largest absolute Gasteiger partial charge is 0.483 e. The first kappa shape index (κ1) is 19.3. The minimum absolute atomic E-state index is 0. The first-order chi connectivity index (χ1) is 1.41. The van der Waals surface area contributed by atoms with Crippen LogP contribution in [0.25, 0.3) is 0 Å². The molecule has 0 aliphatic rings. The molecule has 0 amide bonds. The molecule has 0 aliphatic heterocycles. The maximum Gasteiger partial charge on any atom is 0.290 e. The molecule has 3 heteroatoms. The van der Waals surface area contributed by atoms with Crippen molar-refractivity contribution in [1.29, 1.82) is 0 Å². The summed E-state index contributed by atoms with van der Waals surface area (Å²) in [5, 5.41) is 6.89. The Morgan fingerprint density at radius 3 is 1.60 bits per heavy atom. The van der Waals surface area contributed by atoms with Crippen LogP contribution in [-0.2, 0) is 25.2 Å². The molecule has 0 spiro atoms. The minimum atomic E-state index is -0.250. The van der Waals surface area contributed by atoms with Crippen molar-refractivity contribution in [2.24, 2.45) is 0 Å². The Kier molecular flexibility index (Phi) is 122. The van der Waals surface area contributed by atoms with E-state index in [2.05, 4.69) is 0 Å². The summed E-state index contributed by atoms with van der Waals surface area (Å²) in [6, 6.07) is 0. The predicted octanol–water partition coefficient (Wildman–Crippen LogP) is 0.334. The van der Waals surface area contributed by atoms with Crippen LogP contribution in [0.2, 0.25) is 0 Å². The van der Waals surface area contributed by atoms with E-state index in [1.165, 1.54) is 0 Å². The molecule has 0 rings (SSSR count). The fourth-order valence-corrected chi connectivity index (χ4v) is 0. The van der Waals surface area contributed by atoms with Crippen molar-refractivity contribution >= 4 is 6.47 Å². The standard InChI is InChI=1S/CH2O2.CH4.Pd/c2-1-3;;/h1H,(H,2,3);1H4;. The topological polar surface area (TPSA) is 37.3 Å². The summed E-state index contributed by atoms with van der Waals surface area (Å²) in [6.45, 7) is -0.250. The third kappa shape index (κ3) is 1070. The quantitative estimate of drug-likeness (QED) is 0.418. The molecule has 0 saturated heterocycles. The second-order valence-electron chi connectivity index (χ2n) is 0.105. The summed E-state index contributed by atoms with van der Waals surface area (Å²) in [5.41, 5.74) is 0. The van der Waals surface area contributed by atoms with E-state index in [9.17, 15) is 0 Å². The zero-order valence-corrected chi connectivity index (χ0v) is 3.30. The molecule has 0 aliphatic carbocycles. The van der Waals surface area contributed by atoms with Gasteiger partial charge in [0, 0.05) is 20.4 Å². The summed E-state index contributed by atoms with van der Waals surface area (Å²) in [7, 11) is 0. The first-order valence-corrected chi connectivity index (χ1v) is 0.494. The van der Waals surface area contributed by atoms with E-state index >= 15 is 0 Å². The van der Waals surface area contributed by atoms with Crippen LogP contribution in [0.5, 0.6) is 0 Å². The molecule has 0 heterocycles. The summed E-state index contributed by atoms with van der Waals surface area (Å²) < 4.78 is 0. The zero-order chi connectivity index (χ0) is 2.71. The summed E-state index contributed by atoms with van der Waals surface area (Å²) in [5.74, 6) is 0. The number of carbonyl (C=O) groups is 1. The van der Waals surface area contributed by atoms with Crippen LogP contribution in [0.4, 0.5) is 0 Å². The van der Waals surface area contributed by atoms with E-state index < -0.39 is 0 Å². The van der Waals surface area contributed by atoms with Crippen LogP contribution >= 0.6 is 0 Å². The van der Waals surface area contributed by atoms with Crippen molar-refractivity contribution in [1.82, 2.24) is 0 Å². The van der Waals surface area contributed by atoms with Crippen molar-refractivity contribution in [3.63, 3.8) is 0 Å². The molecule has 0 atom stereocenters. The van der Waals surface area contributed by atoms with Crippen molar-refractivity contribution < 1.29 is 30.3 Å². The van der Waals surface area contributed by atoms with Crippen LogP contribution in [-0.4, -0.2) is 11.6 Å². The van der Waals surface area contributed by atoms with Crippen LogP contribution < -0.4 is 0 Å². The molecule has 1 N–H and O–H groups in total. The van der Waals surface area contributed by atoms with Gasteiger partial charge in [0.1, 0.15) is 0 Å². The molecular weight excluding hydrogens is 162 g/mol. The number of rotatable bonds is 0. The van der Waals surface area contributed by atoms with Gasteiger partial charge in [-0.25, -0.2) is 0 Å². The third-order valence-electron chi connectivity index (χ3n) is 0. The molecule has 36 valence electrons. The molecule has 0 fully saturated rings. The van der Waals surface area contributed by atoms with Gasteiger partial charge in [0.25, 0.3) is 6.47 Å². The predicted molar refractivity (Wildman–Crippen MR) is 15.4 cm³/mol. The van der Waals surface area contributed by atoms with Gasteiger partial charge in [0.2, 0.25) is 0 Å². The van der Waals surface area contributed by atoms with Gasteiger partial charge >= 0.3 is 0 Å². The van der Waals surface area contributed by atoms with Gasteiger partial charge in [-0.05, 0) is 0 Å². The fourth-order valence-electron chi connectivity index (χ4n) is 0. The Labute approximate surface area is 44.8 Å². The van der Waals surface area contributed by atoms with E-state index in [1.54, 1.807) is 0 Å². The van der Waals surface area contributed by atoms with Crippen LogP contribution in [0.1, 0.15) is 7.43 Å². The average molecular weight is 168 g/mol. The second kappa shape index (κ2) is 31.6. The Morgan fingerprint density at radius 1 is 1.60 bits per heavy atom. The molecule has 0 aromatic heterocycles. The van der Waals surface area contributed by atoms with Gasteiger partial charge in [-0.3, -0.25) is 4.79 Å². The van der Waals surface area contributed by atoms with Gasteiger partial charge < -0.3 is 5.11 Å². The third-order valence-corrected chi connectivity index (χ3v) is 0. The normalized spacial score (nSPS) is 2.40. The van der Waals surface area contributed by atoms with Crippen molar-refractivity contribution in [3.8, 4) is 0 Å². The molecule has 2 nitrogen and oxygen atoms in total. The van der Waals surface area contributed by atoms with E-state index in [1.807, 2.05) is 0 Å². The Hall–Kier alpha value is 0.132. The molecule has 0 radical (unpaired) electrons. The SMILES string of the molecule is C.O=CO.[Pd]. The van der Waals surface area contributed by atoms with Crippen LogP contribution in [0.3, 0.4) is 0 Å². The number of carboxylic acid groups (broad SMARTS) is 1. The van der Waals surface area contributed by atoms with Crippen LogP contribution in [0.15, 0.2) is 0 Å². The monoisotopic (exact) mass is 168 g/mol. The van der Waals surface area contributed by atoms with Gasteiger partial charge in [0.15, 0.2) is 0 Å². The maximum absolute atomic E-state index is 8.36. The van der Waals surface area contributed by atoms with E-state index in [-0.39, 0.29) is 34.3 Å². The van der Waals surface area contributed by atoms with Gasteiger partial charge in [-0.15, -0.1) is 0 Å². The molecule has 5 heavy (non-hydrogen) atoms. The van der Waals surface area contributed by atoms with E-state index in [0.29, 0.717) is 0 Å². The molecule has 0 bridgehead atoms. The minimum Gasteiger partial charge on any atom is -0.483 e. The van der Waals surface area contributed by atoms with E-state index in [4.69, 9.17) is 9.90 Å². The van der Waals surface area contributed by atoms with Crippen molar-refractivity contribution in [3.05, 3.63) is 0 Å². The Balaban J connectivity index is -0.0000000200. The molecule has 0 aromatic rings. The van der Waals surface area contributed by atoms with Gasteiger partial charge in [-0.1, -0.05) is 7.43 Å². The first-order valence-electron chi connectivity index (χ1n) is 0.494. The zero-order valence-electron chi connectivity index (χ0n) is 1.75. The van der Waals surface area contributed by atoms with Crippen LogP contribution in [0, 0.1) is 0 Å². The fraction of sp³-hybridized carbons (Fsp3) is 0.500. The summed E-state index contributed by atoms with van der Waals surface area (Å²) >= 11 is 0. The number of hydrogen-bond acceptors (Lipinski definition) is 1. The maximum atomic E-state index is 8.36. The summed E-state index contributed by atoms with van der Waals surface area (Å²) in [4.78, 5) is 8.36. The molecular formula is C2H6O2Pd. The second-order valence-corrected chi connectivity index (χ2v) is 0.105.